The van der Waals surface area contributed by atoms with Crippen LogP contribution < -0.4 is 20.7 Å². The smallest absolute Gasteiger partial charge is 0.271 e. The quantitative estimate of drug-likeness (QED) is 0.364. The Morgan fingerprint density at radius 3 is 2.38 bits per heavy atom. The molecule has 4 heterocycles. The second-order valence-corrected chi connectivity index (χ2v) is 10.9. The van der Waals surface area contributed by atoms with Gasteiger partial charge in [-0.05, 0) is 55.4 Å². The predicted molar refractivity (Wildman–Crippen MR) is 143 cm³/mol. The highest BCUT2D eigenvalue weighted by atomic mass is 19.3. The van der Waals surface area contributed by atoms with Gasteiger partial charge in [0, 0.05) is 56.7 Å². The van der Waals surface area contributed by atoms with Crippen LogP contribution in [0.3, 0.4) is 0 Å². The van der Waals surface area contributed by atoms with Gasteiger partial charge in [-0.1, -0.05) is 0 Å². The summed E-state index contributed by atoms with van der Waals surface area (Å²) < 4.78 is 29.1. The number of nitrogens with one attached hydrogen (secondary N) is 2. The van der Waals surface area contributed by atoms with Gasteiger partial charge in [0.1, 0.15) is 5.82 Å². The van der Waals surface area contributed by atoms with Gasteiger partial charge in [-0.15, -0.1) is 0 Å². The monoisotopic (exact) mass is 553 g/mol. The highest BCUT2D eigenvalue weighted by Crippen LogP contribution is 2.40. The van der Waals surface area contributed by atoms with E-state index in [9.17, 15) is 28.5 Å². The largest absolute Gasteiger partial charge is 0.370 e. The average molecular weight is 554 g/mol. The second kappa shape index (κ2) is 10.0. The summed E-state index contributed by atoms with van der Waals surface area (Å²) in [5.41, 5.74) is 6.30. The molecule has 11 nitrogen and oxygen atoms in total. The standard InChI is InChI=1S/C27H29F2N7O4/c28-27(29)6-9-33(10-7-27)24-13-19(12-20-5-8-30-35(20)24)25(37)31-32-26(38)22-4-3-21(36(39)40)14-23(22)34-15-17-1-2-18(11-17)16-34/h3-5,8,12-14,17-18H,1-2,6-7,9-11,15-16H2,(H,31,37)(H,32,38). The van der Waals surface area contributed by atoms with Gasteiger partial charge < -0.3 is 9.80 Å². The number of pyridine rings is 1. The molecule has 210 valence electrons. The fourth-order valence-electron chi connectivity index (χ4n) is 6.18. The molecule has 2 aliphatic heterocycles. The lowest BCUT2D eigenvalue weighted by Gasteiger charge is -2.34. The molecular weight excluding hydrogens is 524 g/mol. The Labute approximate surface area is 228 Å². The third-order valence-electron chi connectivity index (χ3n) is 8.23. The van der Waals surface area contributed by atoms with Crippen LogP contribution >= 0.6 is 0 Å². The van der Waals surface area contributed by atoms with Crippen LogP contribution in [0.4, 0.5) is 26.0 Å². The number of hydrogen-bond donors (Lipinski definition) is 2. The number of rotatable bonds is 5. The van der Waals surface area contributed by atoms with E-state index in [0.29, 0.717) is 28.9 Å². The molecule has 0 radical (unpaired) electrons. The number of nitro benzene ring substituents is 1. The number of amides is 2. The third-order valence-corrected chi connectivity index (χ3v) is 8.23. The Hall–Kier alpha value is -4.29. The molecule has 2 N–H and O–H groups in total. The average Bonchev–Trinajstić information content (AvgIpc) is 3.56. The van der Waals surface area contributed by atoms with Crippen molar-refractivity contribution in [1.29, 1.82) is 0 Å². The predicted octanol–water partition coefficient (Wildman–Crippen LogP) is 3.79. The molecule has 2 aromatic heterocycles. The van der Waals surface area contributed by atoms with Gasteiger partial charge in [0.25, 0.3) is 23.4 Å². The number of anilines is 2. The fraction of sp³-hybridized carbons (Fsp3) is 0.444. The third kappa shape index (κ3) is 5.03. The normalized spacial score (nSPS) is 21.9. The first kappa shape index (κ1) is 26.0. The van der Waals surface area contributed by atoms with Gasteiger partial charge in [0.2, 0.25) is 0 Å². The maximum atomic E-state index is 13.7. The molecule has 3 aromatic rings. The molecule has 1 saturated carbocycles. The number of aromatic nitrogens is 2. The van der Waals surface area contributed by atoms with Crippen LogP contribution in [0.2, 0.25) is 0 Å². The van der Waals surface area contributed by atoms with E-state index in [4.69, 9.17) is 0 Å². The van der Waals surface area contributed by atoms with Crippen molar-refractivity contribution in [2.24, 2.45) is 11.8 Å². The summed E-state index contributed by atoms with van der Waals surface area (Å²) in [6, 6.07) is 8.97. The van der Waals surface area contributed by atoms with Gasteiger partial charge in [0.15, 0.2) is 0 Å². The molecule has 3 aliphatic rings. The van der Waals surface area contributed by atoms with E-state index in [1.807, 2.05) is 4.90 Å². The number of hydrazine groups is 1. The molecule has 6 rings (SSSR count). The van der Waals surface area contributed by atoms with Gasteiger partial charge in [-0.3, -0.25) is 30.6 Å². The van der Waals surface area contributed by atoms with Crippen LogP contribution in [-0.4, -0.2) is 58.5 Å². The minimum Gasteiger partial charge on any atom is -0.370 e. The molecule has 1 aromatic carbocycles. The summed E-state index contributed by atoms with van der Waals surface area (Å²) in [5, 5.41) is 15.7. The Balaban J connectivity index is 1.21. The number of halogens is 2. The lowest BCUT2D eigenvalue weighted by molar-refractivity contribution is -0.384. The highest BCUT2D eigenvalue weighted by molar-refractivity contribution is 6.03. The summed E-state index contributed by atoms with van der Waals surface area (Å²) in [6.45, 7) is 1.68. The summed E-state index contributed by atoms with van der Waals surface area (Å²) in [5.74, 6) is -2.42. The van der Waals surface area contributed by atoms with Crippen LogP contribution in [0.5, 0.6) is 0 Å². The molecule has 1 aliphatic carbocycles. The van der Waals surface area contributed by atoms with Gasteiger partial charge in [-0.25, -0.2) is 13.3 Å². The maximum absolute atomic E-state index is 13.7. The molecule has 2 bridgehead atoms. The van der Waals surface area contributed by atoms with E-state index in [1.165, 1.54) is 18.2 Å². The Bertz CT molecular complexity index is 1470. The number of nitro groups is 1. The Kier molecular flexibility index (Phi) is 6.51. The number of carbonyl (C=O) groups excluding carboxylic acids is 2. The molecule has 2 unspecified atom stereocenters. The van der Waals surface area contributed by atoms with E-state index < -0.39 is 22.7 Å². The van der Waals surface area contributed by atoms with E-state index >= 15 is 0 Å². The molecule has 13 heteroatoms. The number of alkyl halides is 2. The van der Waals surface area contributed by atoms with Crippen LogP contribution in [0.15, 0.2) is 42.6 Å². The van der Waals surface area contributed by atoms with Crippen LogP contribution in [-0.2, 0) is 0 Å². The zero-order valence-electron chi connectivity index (χ0n) is 21.7. The number of non-ortho nitro benzene ring substituents is 1. The minimum atomic E-state index is -2.72. The first-order valence-electron chi connectivity index (χ1n) is 13.4. The minimum absolute atomic E-state index is 0.106. The number of benzene rings is 1. The lowest BCUT2D eigenvalue weighted by Crippen LogP contribution is -2.43. The first-order chi connectivity index (χ1) is 19.2. The molecule has 2 saturated heterocycles. The fourth-order valence-corrected chi connectivity index (χ4v) is 6.18. The van der Waals surface area contributed by atoms with Gasteiger partial charge in [-0.2, -0.15) is 5.10 Å². The van der Waals surface area contributed by atoms with E-state index in [2.05, 4.69) is 16.0 Å². The van der Waals surface area contributed by atoms with Crippen molar-refractivity contribution >= 4 is 34.5 Å². The zero-order valence-corrected chi connectivity index (χ0v) is 21.7. The topological polar surface area (TPSA) is 125 Å². The molecule has 3 fully saturated rings. The van der Waals surface area contributed by atoms with Crippen LogP contribution in [0.25, 0.3) is 5.52 Å². The van der Waals surface area contributed by atoms with Crippen molar-refractivity contribution < 1.29 is 23.3 Å². The van der Waals surface area contributed by atoms with Crippen LogP contribution in [0.1, 0.15) is 52.8 Å². The SMILES string of the molecule is O=C(NNC(=O)c1ccc([N+](=O)[O-])cc1N1CC2CCC(C2)C1)c1cc(N2CCC(F)(F)CC2)n2nccc2c1. The summed E-state index contributed by atoms with van der Waals surface area (Å²) in [6.07, 6.45) is 4.32. The molecule has 2 atom stereocenters. The van der Waals surface area contributed by atoms with E-state index in [1.54, 1.807) is 33.8 Å². The highest BCUT2D eigenvalue weighted by Gasteiger charge is 2.36. The second-order valence-electron chi connectivity index (χ2n) is 10.9. The van der Waals surface area contributed by atoms with Crippen molar-refractivity contribution in [3.63, 3.8) is 0 Å². The summed E-state index contributed by atoms with van der Waals surface area (Å²) >= 11 is 0. The van der Waals surface area contributed by atoms with Crippen molar-refractivity contribution in [2.45, 2.75) is 38.0 Å². The number of piperidine rings is 2. The number of fused-ring (bicyclic) bond motifs is 3. The Morgan fingerprint density at radius 2 is 1.68 bits per heavy atom. The van der Waals surface area contributed by atoms with Gasteiger partial charge >= 0.3 is 0 Å². The first-order valence-corrected chi connectivity index (χ1v) is 13.4. The molecule has 40 heavy (non-hydrogen) atoms. The zero-order chi connectivity index (χ0) is 28.0. The summed E-state index contributed by atoms with van der Waals surface area (Å²) in [4.78, 5) is 41.1. The van der Waals surface area contributed by atoms with E-state index in [-0.39, 0.29) is 42.7 Å². The molecule has 2 amide bonds. The number of hydrogen-bond acceptors (Lipinski definition) is 7. The number of nitrogens with zero attached hydrogens (tertiary/aromatic N) is 5. The molecular formula is C27H29F2N7O4. The van der Waals surface area contributed by atoms with Crippen molar-refractivity contribution in [3.8, 4) is 0 Å². The maximum Gasteiger partial charge on any atom is 0.271 e. The Morgan fingerprint density at radius 1 is 0.975 bits per heavy atom. The van der Waals surface area contributed by atoms with Crippen molar-refractivity contribution in [1.82, 2.24) is 20.5 Å². The lowest BCUT2D eigenvalue weighted by atomic mass is 9.97. The summed E-state index contributed by atoms with van der Waals surface area (Å²) in [7, 11) is 0. The van der Waals surface area contributed by atoms with Crippen molar-refractivity contribution in [2.75, 3.05) is 36.0 Å². The number of carbonyl (C=O) groups is 2. The van der Waals surface area contributed by atoms with Crippen molar-refractivity contribution in [3.05, 3.63) is 63.8 Å². The van der Waals surface area contributed by atoms with E-state index in [0.717, 1.165) is 32.4 Å². The van der Waals surface area contributed by atoms with Crippen LogP contribution in [0, 0.1) is 22.0 Å². The van der Waals surface area contributed by atoms with Gasteiger partial charge in [0.05, 0.1) is 27.9 Å². The molecule has 0 spiro atoms.